The van der Waals surface area contributed by atoms with Crippen molar-refractivity contribution in [3.63, 3.8) is 0 Å². The van der Waals surface area contributed by atoms with Crippen molar-refractivity contribution in [2.75, 3.05) is 19.4 Å². The molecule has 0 bridgehead atoms. The summed E-state index contributed by atoms with van der Waals surface area (Å²) >= 11 is 0. The van der Waals surface area contributed by atoms with Gasteiger partial charge in [0.05, 0.1) is 12.7 Å². The Labute approximate surface area is 146 Å². The Kier molecular flexibility index (Phi) is 6.25. The zero-order valence-electron chi connectivity index (χ0n) is 14.6. The van der Waals surface area contributed by atoms with E-state index in [0.29, 0.717) is 12.1 Å². The van der Waals surface area contributed by atoms with Gasteiger partial charge in [0, 0.05) is 18.2 Å². The number of hydrogen-bond acceptors (Lipinski definition) is 2. The van der Waals surface area contributed by atoms with Crippen LogP contribution in [-0.4, -0.2) is 32.0 Å². The highest BCUT2D eigenvalue weighted by atomic mass is 19.1. The first-order valence-electron chi connectivity index (χ1n) is 8.11. The molecule has 0 heterocycles. The fourth-order valence-corrected chi connectivity index (χ4v) is 2.42. The molecule has 5 nitrogen and oxygen atoms in total. The molecule has 2 aromatic carbocycles. The lowest BCUT2D eigenvalue weighted by Gasteiger charge is -2.21. The average Bonchev–Trinajstić information content (AvgIpc) is 2.62. The zero-order chi connectivity index (χ0) is 18.4. The van der Waals surface area contributed by atoms with Crippen molar-refractivity contribution in [3.05, 3.63) is 65.5 Å². The molecule has 0 aromatic heterocycles. The number of anilines is 1. The van der Waals surface area contributed by atoms with Gasteiger partial charge in [0.1, 0.15) is 12.4 Å². The third-order valence-corrected chi connectivity index (χ3v) is 4.19. The number of para-hydroxylation sites is 1. The quantitative estimate of drug-likeness (QED) is 0.738. The molecule has 0 radical (unpaired) electrons. The summed E-state index contributed by atoms with van der Waals surface area (Å²) in [6.07, 6.45) is 0. The van der Waals surface area contributed by atoms with E-state index in [4.69, 9.17) is 0 Å². The number of benzene rings is 2. The van der Waals surface area contributed by atoms with E-state index < -0.39 is 5.82 Å². The van der Waals surface area contributed by atoms with Gasteiger partial charge in [0.2, 0.25) is 0 Å². The third kappa shape index (κ3) is 4.87. The van der Waals surface area contributed by atoms with Gasteiger partial charge in [0.15, 0.2) is 6.04 Å². The molecule has 25 heavy (non-hydrogen) atoms. The van der Waals surface area contributed by atoms with Crippen LogP contribution in [0.4, 0.5) is 10.1 Å². The van der Waals surface area contributed by atoms with Crippen molar-refractivity contribution in [2.45, 2.75) is 19.5 Å². The van der Waals surface area contributed by atoms with Crippen molar-refractivity contribution < 1.29 is 18.9 Å². The number of carbonyl (C=O) groups is 2. The Morgan fingerprint density at radius 2 is 1.76 bits per heavy atom. The maximum absolute atomic E-state index is 13.6. The zero-order valence-corrected chi connectivity index (χ0v) is 14.6. The van der Waals surface area contributed by atoms with E-state index in [1.165, 1.54) is 12.1 Å². The molecule has 0 spiro atoms. The van der Waals surface area contributed by atoms with Gasteiger partial charge in [-0.2, -0.15) is 0 Å². The van der Waals surface area contributed by atoms with E-state index in [-0.39, 0.29) is 23.5 Å². The molecule has 0 saturated carbocycles. The van der Waals surface area contributed by atoms with E-state index >= 15 is 0 Å². The summed E-state index contributed by atoms with van der Waals surface area (Å²) in [5.74, 6) is -0.833. The fraction of sp³-hybridized carbons (Fsp3) is 0.263. The minimum atomic E-state index is -0.453. The van der Waals surface area contributed by atoms with E-state index in [1.54, 1.807) is 38.2 Å². The van der Waals surface area contributed by atoms with E-state index in [9.17, 15) is 14.0 Å². The number of likely N-dealkylation sites (N-methyl/N-ethyl adjacent to an activating group) is 1. The first-order chi connectivity index (χ1) is 11.9. The molecule has 2 amide bonds. The molecule has 0 aliphatic heterocycles. The van der Waals surface area contributed by atoms with Gasteiger partial charge in [-0.15, -0.1) is 0 Å². The van der Waals surface area contributed by atoms with Gasteiger partial charge in [-0.25, -0.2) is 4.39 Å². The van der Waals surface area contributed by atoms with Crippen LogP contribution in [-0.2, 0) is 11.3 Å². The third-order valence-electron chi connectivity index (χ3n) is 4.19. The normalized spacial score (nSPS) is 13.0. The molecule has 1 unspecified atom stereocenters. The molecule has 132 valence electrons. The van der Waals surface area contributed by atoms with Crippen molar-refractivity contribution in [2.24, 2.45) is 0 Å². The monoisotopic (exact) mass is 344 g/mol. The maximum atomic E-state index is 13.6. The smallest absolute Gasteiger partial charge is 0.282 e. The predicted octanol–water partition coefficient (Wildman–Crippen LogP) is 1.23. The summed E-state index contributed by atoms with van der Waals surface area (Å²) in [6.45, 7) is 2.41. The first-order valence-corrected chi connectivity index (χ1v) is 8.11. The molecule has 0 saturated heterocycles. The van der Waals surface area contributed by atoms with Gasteiger partial charge in [-0.3, -0.25) is 9.59 Å². The average molecular weight is 344 g/mol. The second kappa shape index (κ2) is 8.39. The first kappa shape index (κ1) is 18.6. The SMILES string of the molecule is CNC(=O)c1ccc(C[NH+](C)[C@@H](C)C(=O)Nc2ccccc2F)cc1. The molecule has 0 aliphatic carbocycles. The molecule has 0 fully saturated rings. The van der Waals surface area contributed by atoms with Gasteiger partial charge in [0.25, 0.3) is 11.8 Å². The highest BCUT2D eigenvalue weighted by molar-refractivity contribution is 5.94. The standard InChI is InChI=1S/C19H22FN3O2/c1-13(18(24)22-17-7-5-4-6-16(17)20)23(3)12-14-8-10-15(11-9-14)19(25)21-2/h4-11,13H,12H2,1-3H3,(H,21,25)(H,22,24)/p+1/t13-/m0/s1. The number of quaternary nitrogens is 1. The minimum absolute atomic E-state index is 0.134. The number of carbonyl (C=O) groups excluding carboxylic acids is 2. The maximum Gasteiger partial charge on any atom is 0.282 e. The van der Waals surface area contributed by atoms with Crippen molar-refractivity contribution in [3.8, 4) is 0 Å². The van der Waals surface area contributed by atoms with Crippen molar-refractivity contribution >= 4 is 17.5 Å². The predicted molar refractivity (Wildman–Crippen MR) is 94.9 cm³/mol. The Hall–Kier alpha value is -2.73. The lowest BCUT2D eigenvalue weighted by Crippen LogP contribution is -3.12. The van der Waals surface area contributed by atoms with Crippen LogP contribution in [0.2, 0.25) is 0 Å². The Bertz CT molecular complexity index is 747. The Morgan fingerprint density at radius 1 is 1.12 bits per heavy atom. The molecule has 6 heteroatoms. The van der Waals surface area contributed by atoms with Crippen LogP contribution in [0.15, 0.2) is 48.5 Å². The molecule has 2 atom stereocenters. The number of hydrogen-bond donors (Lipinski definition) is 3. The van der Waals surface area contributed by atoms with Crippen LogP contribution < -0.4 is 15.5 Å². The second-order valence-corrected chi connectivity index (χ2v) is 5.99. The van der Waals surface area contributed by atoms with Gasteiger partial charge in [-0.1, -0.05) is 24.3 Å². The lowest BCUT2D eigenvalue weighted by atomic mass is 10.1. The van der Waals surface area contributed by atoms with Crippen LogP contribution >= 0.6 is 0 Å². The van der Waals surface area contributed by atoms with Crippen molar-refractivity contribution in [1.82, 2.24) is 5.32 Å². The van der Waals surface area contributed by atoms with E-state index in [1.807, 2.05) is 19.2 Å². The molecule has 3 N–H and O–H groups in total. The van der Waals surface area contributed by atoms with Crippen LogP contribution in [0.3, 0.4) is 0 Å². The van der Waals surface area contributed by atoms with Gasteiger partial charge >= 0.3 is 0 Å². The summed E-state index contributed by atoms with van der Waals surface area (Å²) < 4.78 is 13.6. The Balaban J connectivity index is 1.97. The molecular formula is C19H23FN3O2+. The summed E-state index contributed by atoms with van der Waals surface area (Å²) in [5, 5.41) is 5.20. The fourth-order valence-electron chi connectivity index (χ4n) is 2.42. The second-order valence-electron chi connectivity index (χ2n) is 5.99. The summed E-state index contributed by atoms with van der Waals surface area (Å²) in [7, 11) is 3.49. The topological polar surface area (TPSA) is 62.6 Å². The molecule has 0 aliphatic rings. The van der Waals surface area contributed by atoms with Gasteiger partial charge in [-0.05, 0) is 31.2 Å². The number of nitrogens with one attached hydrogen (secondary N) is 3. The van der Waals surface area contributed by atoms with Crippen LogP contribution in [0.1, 0.15) is 22.8 Å². The molecule has 2 rings (SSSR count). The summed E-state index contributed by atoms with van der Waals surface area (Å²) in [6, 6.07) is 13.0. The summed E-state index contributed by atoms with van der Waals surface area (Å²) in [4.78, 5) is 24.8. The molecule has 2 aromatic rings. The van der Waals surface area contributed by atoms with E-state index in [2.05, 4.69) is 10.6 Å². The van der Waals surface area contributed by atoms with Crippen LogP contribution in [0, 0.1) is 5.82 Å². The lowest BCUT2D eigenvalue weighted by molar-refractivity contribution is -0.907. The van der Waals surface area contributed by atoms with E-state index in [0.717, 1.165) is 10.5 Å². The number of amides is 2. The molecular weight excluding hydrogens is 321 g/mol. The summed E-state index contributed by atoms with van der Waals surface area (Å²) in [5.41, 5.74) is 1.78. The highest BCUT2D eigenvalue weighted by Gasteiger charge is 2.22. The minimum Gasteiger partial charge on any atom is -0.355 e. The highest BCUT2D eigenvalue weighted by Crippen LogP contribution is 2.12. The number of halogens is 1. The number of rotatable bonds is 6. The Morgan fingerprint density at radius 3 is 2.36 bits per heavy atom. The largest absolute Gasteiger partial charge is 0.355 e. The van der Waals surface area contributed by atoms with Crippen LogP contribution in [0.5, 0.6) is 0 Å². The van der Waals surface area contributed by atoms with Gasteiger partial charge < -0.3 is 15.5 Å². The van der Waals surface area contributed by atoms with Crippen molar-refractivity contribution in [1.29, 1.82) is 0 Å². The van der Waals surface area contributed by atoms with Crippen LogP contribution in [0.25, 0.3) is 0 Å².